The number of carboxylic acids is 1. The average Bonchev–Trinajstić information content (AvgIpc) is 2.29. The molecule has 0 saturated heterocycles. The molecular formula is C10H5ClFN3O2. The Bertz CT molecular complexity index is 592. The van der Waals surface area contributed by atoms with E-state index in [2.05, 4.69) is 15.0 Å². The van der Waals surface area contributed by atoms with E-state index in [0.717, 1.165) is 18.5 Å². The zero-order chi connectivity index (χ0) is 12.4. The molecule has 5 nitrogen and oxygen atoms in total. The van der Waals surface area contributed by atoms with Crippen molar-refractivity contribution in [3.8, 4) is 11.3 Å². The van der Waals surface area contributed by atoms with Crippen molar-refractivity contribution in [1.29, 1.82) is 0 Å². The van der Waals surface area contributed by atoms with Crippen molar-refractivity contribution in [2.75, 3.05) is 0 Å². The molecule has 0 bridgehead atoms. The van der Waals surface area contributed by atoms with E-state index >= 15 is 0 Å². The minimum absolute atomic E-state index is 0.127. The van der Waals surface area contributed by atoms with Gasteiger partial charge in [-0.15, -0.1) is 0 Å². The van der Waals surface area contributed by atoms with Gasteiger partial charge < -0.3 is 5.11 Å². The van der Waals surface area contributed by atoms with Crippen LogP contribution < -0.4 is 0 Å². The summed E-state index contributed by atoms with van der Waals surface area (Å²) < 4.78 is 13.0. The van der Waals surface area contributed by atoms with Crippen molar-refractivity contribution in [2.24, 2.45) is 0 Å². The van der Waals surface area contributed by atoms with Gasteiger partial charge in [0.25, 0.3) is 0 Å². The lowest BCUT2D eigenvalue weighted by atomic mass is 10.2. The molecule has 86 valence electrons. The van der Waals surface area contributed by atoms with Crippen LogP contribution in [0.1, 0.15) is 10.6 Å². The molecule has 17 heavy (non-hydrogen) atoms. The van der Waals surface area contributed by atoms with Gasteiger partial charge in [-0.3, -0.25) is 4.98 Å². The Kier molecular flexibility index (Phi) is 2.97. The quantitative estimate of drug-likeness (QED) is 0.886. The molecule has 0 aliphatic rings. The third kappa shape index (κ3) is 2.36. The minimum atomic E-state index is -1.28. The number of aromatic nitrogens is 3. The van der Waals surface area contributed by atoms with Gasteiger partial charge in [-0.1, -0.05) is 11.6 Å². The summed E-state index contributed by atoms with van der Waals surface area (Å²) in [7, 11) is 0. The van der Waals surface area contributed by atoms with Crippen LogP contribution in [0.2, 0.25) is 5.02 Å². The molecule has 0 unspecified atom stereocenters. The van der Waals surface area contributed by atoms with Gasteiger partial charge >= 0.3 is 5.97 Å². The molecule has 7 heteroatoms. The number of aromatic carboxylic acids is 1. The van der Waals surface area contributed by atoms with Gasteiger partial charge in [0.1, 0.15) is 5.82 Å². The van der Waals surface area contributed by atoms with E-state index in [1.165, 1.54) is 6.20 Å². The highest BCUT2D eigenvalue weighted by Crippen LogP contribution is 2.24. The van der Waals surface area contributed by atoms with Gasteiger partial charge in [0.2, 0.25) is 5.82 Å². The predicted molar refractivity (Wildman–Crippen MR) is 57.2 cm³/mol. The Balaban J connectivity index is 2.58. The summed E-state index contributed by atoms with van der Waals surface area (Å²) in [5.74, 6) is -2.25. The summed E-state index contributed by atoms with van der Waals surface area (Å²) in [4.78, 5) is 21.6. The molecule has 2 aromatic heterocycles. The van der Waals surface area contributed by atoms with Gasteiger partial charge in [0, 0.05) is 11.8 Å². The van der Waals surface area contributed by atoms with E-state index < -0.39 is 17.6 Å². The van der Waals surface area contributed by atoms with E-state index in [-0.39, 0.29) is 10.7 Å². The summed E-state index contributed by atoms with van der Waals surface area (Å²) in [5.41, 5.74) is 0.422. The fourth-order valence-corrected chi connectivity index (χ4v) is 1.41. The number of halogens is 2. The molecule has 0 atom stereocenters. The number of nitrogens with zero attached hydrogens (tertiary/aromatic N) is 3. The van der Waals surface area contributed by atoms with Crippen LogP contribution in [-0.4, -0.2) is 26.0 Å². The summed E-state index contributed by atoms with van der Waals surface area (Å²) in [6.45, 7) is 0. The Hall–Kier alpha value is -2.08. The Morgan fingerprint density at radius 3 is 2.76 bits per heavy atom. The molecule has 2 aromatic rings. The number of carboxylic acid groups (broad SMARTS) is 1. The Morgan fingerprint density at radius 2 is 2.12 bits per heavy atom. The van der Waals surface area contributed by atoms with Crippen molar-refractivity contribution in [2.45, 2.75) is 0 Å². The van der Waals surface area contributed by atoms with Gasteiger partial charge in [-0.2, -0.15) is 0 Å². The van der Waals surface area contributed by atoms with E-state index in [0.29, 0.717) is 5.56 Å². The van der Waals surface area contributed by atoms with Gasteiger partial charge in [0.15, 0.2) is 0 Å². The van der Waals surface area contributed by atoms with Crippen LogP contribution >= 0.6 is 11.6 Å². The summed E-state index contributed by atoms with van der Waals surface area (Å²) in [5, 5.41) is 8.87. The zero-order valence-corrected chi connectivity index (χ0v) is 9.02. The molecule has 0 aliphatic carbocycles. The maximum Gasteiger partial charge on any atom is 0.373 e. The minimum Gasteiger partial charge on any atom is -0.475 e. The van der Waals surface area contributed by atoms with Crippen LogP contribution in [0.5, 0.6) is 0 Å². The highest BCUT2D eigenvalue weighted by molar-refractivity contribution is 6.32. The highest BCUT2D eigenvalue weighted by Gasteiger charge is 2.13. The third-order valence-corrected chi connectivity index (χ3v) is 2.19. The largest absolute Gasteiger partial charge is 0.475 e. The molecule has 0 saturated carbocycles. The smallest absolute Gasteiger partial charge is 0.373 e. The summed E-state index contributed by atoms with van der Waals surface area (Å²) >= 11 is 5.82. The van der Waals surface area contributed by atoms with Crippen LogP contribution in [0.25, 0.3) is 11.3 Å². The van der Waals surface area contributed by atoms with Gasteiger partial charge in [-0.25, -0.2) is 19.2 Å². The van der Waals surface area contributed by atoms with Crippen molar-refractivity contribution in [1.82, 2.24) is 15.0 Å². The monoisotopic (exact) mass is 253 g/mol. The molecule has 0 fully saturated rings. The lowest BCUT2D eigenvalue weighted by Gasteiger charge is -2.03. The number of pyridine rings is 1. The van der Waals surface area contributed by atoms with Crippen LogP contribution in [0.3, 0.4) is 0 Å². The third-order valence-electron chi connectivity index (χ3n) is 1.91. The SMILES string of the molecule is O=C(O)c1ncc(Cl)c(-c2cncc(F)c2)n1. The van der Waals surface area contributed by atoms with Crippen molar-refractivity contribution in [3.63, 3.8) is 0 Å². The molecule has 2 heterocycles. The zero-order valence-electron chi connectivity index (χ0n) is 8.26. The standard InChI is InChI=1S/C10H5ClFN3O2/c11-7-4-14-9(10(16)17)15-8(7)5-1-6(12)3-13-2-5/h1-4H,(H,16,17). The van der Waals surface area contributed by atoms with Crippen LogP contribution in [0, 0.1) is 5.82 Å². The maximum absolute atomic E-state index is 13.0. The molecule has 0 spiro atoms. The number of rotatable bonds is 2. The second-order valence-corrected chi connectivity index (χ2v) is 3.49. The fourth-order valence-electron chi connectivity index (χ4n) is 1.21. The fraction of sp³-hybridized carbons (Fsp3) is 0. The molecule has 0 amide bonds. The summed E-state index contributed by atoms with van der Waals surface area (Å²) in [6, 6.07) is 1.16. The number of carbonyl (C=O) groups is 1. The molecule has 0 radical (unpaired) electrons. The van der Waals surface area contributed by atoms with Crippen molar-refractivity contribution < 1.29 is 14.3 Å². The van der Waals surface area contributed by atoms with E-state index in [4.69, 9.17) is 16.7 Å². The first-order chi connectivity index (χ1) is 8.08. The number of hydrogen-bond donors (Lipinski definition) is 1. The molecule has 0 aliphatic heterocycles. The first kappa shape index (κ1) is 11.4. The predicted octanol–water partition coefficient (Wildman–Crippen LogP) is 2.03. The number of hydrogen-bond acceptors (Lipinski definition) is 4. The Morgan fingerprint density at radius 1 is 1.35 bits per heavy atom. The van der Waals surface area contributed by atoms with E-state index in [1.54, 1.807) is 0 Å². The molecule has 0 aromatic carbocycles. The van der Waals surface area contributed by atoms with Gasteiger partial charge in [0.05, 0.1) is 23.1 Å². The molecule has 2 rings (SSSR count). The first-order valence-corrected chi connectivity index (χ1v) is 4.82. The Labute approximate surface area is 99.9 Å². The molecule has 1 N–H and O–H groups in total. The average molecular weight is 254 g/mol. The van der Waals surface area contributed by atoms with Crippen molar-refractivity contribution in [3.05, 3.63) is 41.3 Å². The topological polar surface area (TPSA) is 76.0 Å². The normalized spacial score (nSPS) is 10.2. The lowest BCUT2D eigenvalue weighted by Crippen LogP contribution is -2.05. The van der Waals surface area contributed by atoms with Gasteiger partial charge in [-0.05, 0) is 6.07 Å². The lowest BCUT2D eigenvalue weighted by molar-refractivity contribution is 0.0683. The van der Waals surface area contributed by atoms with Crippen LogP contribution in [-0.2, 0) is 0 Å². The highest BCUT2D eigenvalue weighted by atomic mass is 35.5. The van der Waals surface area contributed by atoms with Crippen LogP contribution in [0.4, 0.5) is 4.39 Å². The molecular weight excluding hydrogens is 249 g/mol. The maximum atomic E-state index is 13.0. The van der Waals surface area contributed by atoms with Crippen molar-refractivity contribution >= 4 is 17.6 Å². The first-order valence-electron chi connectivity index (χ1n) is 4.44. The second-order valence-electron chi connectivity index (χ2n) is 3.09. The van der Waals surface area contributed by atoms with E-state index in [9.17, 15) is 9.18 Å². The van der Waals surface area contributed by atoms with Crippen LogP contribution in [0.15, 0.2) is 24.7 Å². The van der Waals surface area contributed by atoms with E-state index in [1.807, 2.05) is 0 Å². The summed E-state index contributed by atoms with van der Waals surface area (Å²) in [6.07, 6.45) is 3.51. The second kappa shape index (κ2) is 4.42.